The third-order valence-corrected chi connectivity index (χ3v) is 4.98. The molecule has 0 radical (unpaired) electrons. The van der Waals surface area contributed by atoms with Crippen molar-refractivity contribution in [2.75, 3.05) is 6.54 Å². The van der Waals surface area contributed by atoms with E-state index in [2.05, 4.69) is 29.2 Å². The van der Waals surface area contributed by atoms with E-state index in [-0.39, 0.29) is 11.9 Å². The van der Waals surface area contributed by atoms with E-state index in [1.165, 1.54) is 11.3 Å². The Balaban J connectivity index is 1.74. The van der Waals surface area contributed by atoms with Crippen LogP contribution in [0.25, 0.3) is 0 Å². The summed E-state index contributed by atoms with van der Waals surface area (Å²) >= 11 is 1.66. The van der Waals surface area contributed by atoms with Crippen molar-refractivity contribution in [3.8, 4) is 0 Å². The molecule has 1 aromatic carbocycles. The van der Waals surface area contributed by atoms with Crippen LogP contribution >= 0.6 is 11.8 Å². The van der Waals surface area contributed by atoms with Gasteiger partial charge in [-0.1, -0.05) is 36.0 Å². The molecule has 2 heterocycles. The molecule has 1 unspecified atom stereocenters. The van der Waals surface area contributed by atoms with Crippen LogP contribution in [0, 0.1) is 0 Å². The topological polar surface area (TPSA) is 33.2 Å². The Morgan fingerprint density at radius 3 is 2.68 bits per heavy atom. The number of pyridine rings is 1. The van der Waals surface area contributed by atoms with E-state index in [0.717, 1.165) is 30.0 Å². The second-order valence-electron chi connectivity index (χ2n) is 5.57. The summed E-state index contributed by atoms with van der Waals surface area (Å²) in [5.41, 5.74) is 1.15. The van der Waals surface area contributed by atoms with E-state index in [0.29, 0.717) is 0 Å². The molecule has 1 amide bonds. The predicted molar refractivity (Wildman–Crippen MR) is 88.8 cm³/mol. The molecule has 3 rings (SSSR count). The van der Waals surface area contributed by atoms with Crippen LogP contribution in [-0.4, -0.2) is 22.3 Å². The van der Waals surface area contributed by atoms with Crippen molar-refractivity contribution in [3.63, 3.8) is 0 Å². The monoisotopic (exact) mass is 312 g/mol. The Kier molecular flexibility index (Phi) is 4.78. The van der Waals surface area contributed by atoms with E-state index in [4.69, 9.17) is 0 Å². The first-order valence-electron chi connectivity index (χ1n) is 7.70. The van der Waals surface area contributed by atoms with E-state index in [1.54, 1.807) is 18.7 Å². The quantitative estimate of drug-likeness (QED) is 0.847. The predicted octanol–water partition coefficient (Wildman–Crippen LogP) is 4.31. The number of hydrogen-bond acceptors (Lipinski definition) is 3. The van der Waals surface area contributed by atoms with Gasteiger partial charge < -0.3 is 4.90 Å². The van der Waals surface area contributed by atoms with Gasteiger partial charge in [0.15, 0.2) is 0 Å². The van der Waals surface area contributed by atoms with Gasteiger partial charge in [0.1, 0.15) is 5.03 Å². The maximum absolute atomic E-state index is 11.8. The molecule has 1 fully saturated rings. The Hall–Kier alpha value is -1.81. The highest BCUT2D eigenvalue weighted by Crippen LogP contribution is 2.32. The summed E-state index contributed by atoms with van der Waals surface area (Å²) in [5, 5.41) is 0.986. The minimum Gasteiger partial charge on any atom is -0.336 e. The van der Waals surface area contributed by atoms with Gasteiger partial charge in [-0.3, -0.25) is 4.79 Å². The average molecular weight is 312 g/mol. The molecule has 0 aliphatic carbocycles. The standard InChI is InChI=1S/C18H20N2OS/c1-14(21)20-12-6-5-9-17(20)15-10-11-18(19-13-15)22-16-7-3-2-4-8-16/h2-4,7-8,10-11,13,17H,5-6,9,12H2,1H3. The minimum atomic E-state index is 0.160. The Labute approximate surface area is 135 Å². The third kappa shape index (κ3) is 3.50. The number of likely N-dealkylation sites (tertiary alicyclic amines) is 1. The molecule has 114 valence electrons. The number of nitrogens with zero attached hydrogens (tertiary/aromatic N) is 2. The van der Waals surface area contributed by atoms with E-state index in [1.807, 2.05) is 29.3 Å². The summed E-state index contributed by atoms with van der Waals surface area (Å²) in [7, 11) is 0. The molecule has 0 bridgehead atoms. The van der Waals surface area contributed by atoms with Crippen molar-refractivity contribution in [3.05, 3.63) is 54.2 Å². The maximum Gasteiger partial charge on any atom is 0.219 e. The number of carbonyl (C=O) groups is 1. The molecule has 0 N–H and O–H groups in total. The Bertz CT molecular complexity index is 627. The highest BCUT2D eigenvalue weighted by atomic mass is 32.2. The van der Waals surface area contributed by atoms with Gasteiger partial charge in [-0.15, -0.1) is 0 Å². The fourth-order valence-electron chi connectivity index (χ4n) is 2.91. The molecule has 22 heavy (non-hydrogen) atoms. The molecule has 1 aliphatic heterocycles. The third-order valence-electron chi connectivity index (χ3n) is 4.02. The summed E-state index contributed by atoms with van der Waals surface area (Å²) in [6.07, 6.45) is 5.24. The van der Waals surface area contributed by atoms with Gasteiger partial charge in [0.05, 0.1) is 6.04 Å². The van der Waals surface area contributed by atoms with Gasteiger partial charge >= 0.3 is 0 Å². The van der Waals surface area contributed by atoms with Crippen molar-refractivity contribution in [1.82, 2.24) is 9.88 Å². The second-order valence-corrected chi connectivity index (χ2v) is 6.66. The largest absolute Gasteiger partial charge is 0.336 e. The second kappa shape index (κ2) is 6.97. The first-order chi connectivity index (χ1) is 10.7. The Morgan fingerprint density at radius 1 is 1.18 bits per heavy atom. The van der Waals surface area contributed by atoms with Crippen molar-refractivity contribution >= 4 is 17.7 Å². The van der Waals surface area contributed by atoms with Gasteiger partial charge in [-0.05, 0) is 43.0 Å². The van der Waals surface area contributed by atoms with Crippen molar-refractivity contribution in [2.24, 2.45) is 0 Å². The normalized spacial score (nSPS) is 18.2. The number of piperidine rings is 1. The summed E-state index contributed by atoms with van der Waals surface area (Å²) in [5.74, 6) is 0.160. The van der Waals surface area contributed by atoms with E-state index >= 15 is 0 Å². The molecule has 1 saturated heterocycles. The molecule has 0 spiro atoms. The molecular weight excluding hydrogens is 292 g/mol. The molecule has 2 aromatic rings. The molecular formula is C18H20N2OS. The first-order valence-corrected chi connectivity index (χ1v) is 8.52. The van der Waals surface area contributed by atoms with Gasteiger partial charge in [-0.25, -0.2) is 4.98 Å². The maximum atomic E-state index is 11.8. The van der Waals surface area contributed by atoms with E-state index < -0.39 is 0 Å². The highest BCUT2D eigenvalue weighted by molar-refractivity contribution is 7.99. The Morgan fingerprint density at radius 2 is 2.00 bits per heavy atom. The lowest BCUT2D eigenvalue weighted by Gasteiger charge is -2.35. The van der Waals surface area contributed by atoms with Crippen LogP contribution in [0.5, 0.6) is 0 Å². The van der Waals surface area contributed by atoms with Crippen LogP contribution in [0.4, 0.5) is 0 Å². The number of rotatable bonds is 3. The fourth-order valence-corrected chi connectivity index (χ4v) is 3.69. The average Bonchev–Trinajstić information content (AvgIpc) is 2.56. The lowest BCUT2D eigenvalue weighted by Crippen LogP contribution is -2.36. The number of benzene rings is 1. The van der Waals surface area contributed by atoms with Crippen molar-refractivity contribution in [1.29, 1.82) is 0 Å². The summed E-state index contributed by atoms with van der Waals surface area (Å²) in [6.45, 7) is 2.52. The number of hydrogen-bond donors (Lipinski definition) is 0. The lowest BCUT2D eigenvalue weighted by atomic mass is 9.96. The van der Waals surface area contributed by atoms with Crippen LogP contribution < -0.4 is 0 Å². The van der Waals surface area contributed by atoms with Gasteiger partial charge in [-0.2, -0.15) is 0 Å². The molecule has 1 atom stereocenters. The SMILES string of the molecule is CC(=O)N1CCCCC1c1ccc(Sc2ccccc2)nc1. The highest BCUT2D eigenvalue weighted by Gasteiger charge is 2.25. The molecule has 3 nitrogen and oxygen atoms in total. The number of amides is 1. The van der Waals surface area contributed by atoms with Crippen LogP contribution in [0.2, 0.25) is 0 Å². The fraction of sp³-hybridized carbons (Fsp3) is 0.333. The number of aromatic nitrogens is 1. The van der Waals surface area contributed by atoms with Crippen molar-refractivity contribution in [2.45, 2.75) is 42.1 Å². The zero-order valence-corrected chi connectivity index (χ0v) is 13.6. The first kappa shape index (κ1) is 15.1. The van der Waals surface area contributed by atoms with Gasteiger partial charge in [0, 0.05) is 24.6 Å². The van der Waals surface area contributed by atoms with Crippen LogP contribution in [0.3, 0.4) is 0 Å². The minimum absolute atomic E-state index is 0.160. The van der Waals surface area contributed by atoms with Gasteiger partial charge in [0.2, 0.25) is 5.91 Å². The van der Waals surface area contributed by atoms with Gasteiger partial charge in [0.25, 0.3) is 0 Å². The summed E-state index contributed by atoms with van der Waals surface area (Å²) in [4.78, 5) is 19.5. The van der Waals surface area contributed by atoms with Crippen LogP contribution in [0.15, 0.2) is 58.6 Å². The van der Waals surface area contributed by atoms with E-state index in [9.17, 15) is 4.79 Å². The zero-order chi connectivity index (χ0) is 15.4. The smallest absolute Gasteiger partial charge is 0.219 e. The summed E-state index contributed by atoms with van der Waals surface area (Å²) in [6, 6.07) is 14.6. The van der Waals surface area contributed by atoms with Crippen LogP contribution in [0.1, 0.15) is 37.8 Å². The number of carbonyl (C=O) groups excluding carboxylic acids is 1. The molecule has 4 heteroatoms. The van der Waals surface area contributed by atoms with Crippen molar-refractivity contribution < 1.29 is 4.79 Å². The molecule has 1 aromatic heterocycles. The van der Waals surface area contributed by atoms with Crippen LogP contribution in [-0.2, 0) is 4.79 Å². The molecule has 0 saturated carbocycles. The lowest BCUT2D eigenvalue weighted by molar-refractivity contribution is -0.132. The molecule has 1 aliphatic rings. The summed E-state index contributed by atoms with van der Waals surface area (Å²) < 4.78 is 0. The zero-order valence-electron chi connectivity index (χ0n) is 12.7.